The number of phenolic OH excluding ortho intramolecular Hbond substituents is 1. The summed E-state index contributed by atoms with van der Waals surface area (Å²) in [6, 6.07) is 26.7. The number of phenols is 1. The van der Waals surface area contributed by atoms with E-state index in [0.717, 1.165) is 5.56 Å². The minimum absolute atomic E-state index is 0.00130. The van der Waals surface area contributed by atoms with Crippen molar-refractivity contribution in [3.8, 4) is 5.75 Å². The second kappa shape index (κ2) is 27.7. The quantitative estimate of drug-likeness (QED) is 0.0137. The van der Waals surface area contributed by atoms with Gasteiger partial charge in [0.2, 0.25) is 29.5 Å². The molecular formula is C46H54N10O12. The van der Waals surface area contributed by atoms with E-state index in [-0.39, 0.29) is 64.0 Å². The maximum Gasteiger partial charge on any atom is 0.407 e. The molecule has 4 rings (SSSR count). The van der Waals surface area contributed by atoms with Gasteiger partial charge in [-0.2, -0.15) is 0 Å². The molecule has 11 N–H and O–H groups in total. The smallest absolute Gasteiger partial charge is 0.407 e. The van der Waals surface area contributed by atoms with Crippen LogP contribution in [0.4, 0.5) is 4.79 Å². The van der Waals surface area contributed by atoms with Crippen molar-refractivity contribution >= 4 is 47.6 Å². The Morgan fingerprint density at radius 1 is 0.632 bits per heavy atom. The number of hydrazine groups is 1. The van der Waals surface area contributed by atoms with Gasteiger partial charge in [0.1, 0.15) is 36.5 Å². The second-order valence-corrected chi connectivity index (χ2v) is 15.2. The molecule has 0 heterocycles. The van der Waals surface area contributed by atoms with Gasteiger partial charge in [0.05, 0.1) is 6.54 Å². The van der Waals surface area contributed by atoms with E-state index in [9.17, 15) is 53.9 Å². The highest BCUT2D eigenvalue weighted by Crippen LogP contribution is 2.13. The van der Waals surface area contributed by atoms with Crippen molar-refractivity contribution in [3.63, 3.8) is 0 Å². The number of rotatable bonds is 26. The van der Waals surface area contributed by atoms with Gasteiger partial charge >= 0.3 is 12.1 Å². The Labute approximate surface area is 390 Å². The summed E-state index contributed by atoms with van der Waals surface area (Å²) in [5.74, 6) is -5.77. The molecule has 0 aliphatic heterocycles. The predicted molar refractivity (Wildman–Crippen MR) is 246 cm³/mol. The highest BCUT2D eigenvalue weighted by Gasteiger charge is 2.31. The van der Waals surface area contributed by atoms with Crippen LogP contribution in [0.5, 0.6) is 5.75 Å². The molecule has 4 atom stereocenters. The molecule has 0 spiro atoms. The van der Waals surface area contributed by atoms with Crippen LogP contribution in [0, 0.1) is 10.1 Å². The molecule has 22 heteroatoms. The van der Waals surface area contributed by atoms with Gasteiger partial charge in [0.15, 0.2) is 5.03 Å². The Kier molecular flexibility index (Phi) is 21.2. The number of carbonyl (C=O) groups excluding carboxylic acids is 6. The number of aliphatic imine (C=N–C) groups is 1. The Hall–Kier alpha value is -8.56. The monoisotopic (exact) mass is 938 g/mol. The Bertz CT molecular complexity index is 2340. The summed E-state index contributed by atoms with van der Waals surface area (Å²) in [6.45, 7) is -0.915. The molecule has 0 unspecified atom stereocenters. The minimum atomic E-state index is -1.42. The van der Waals surface area contributed by atoms with Crippen molar-refractivity contribution in [1.82, 2.24) is 37.3 Å². The molecule has 0 saturated heterocycles. The van der Waals surface area contributed by atoms with E-state index in [1.165, 1.54) is 24.3 Å². The fourth-order valence-corrected chi connectivity index (χ4v) is 6.48. The van der Waals surface area contributed by atoms with E-state index in [1.54, 1.807) is 90.4 Å². The van der Waals surface area contributed by atoms with Gasteiger partial charge in [-0.1, -0.05) is 109 Å². The number of alkyl carbamates (subject to hydrolysis) is 1. The number of carbonyl (C=O) groups is 7. The van der Waals surface area contributed by atoms with E-state index in [1.807, 2.05) is 6.07 Å². The summed E-state index contributed by atoms with van der Waals surface area (Å²) < 4.78 is 5.14. The number of nitrogens with one attached hydrogen (secondary N) is 7. The molecule has 0 saturated carbocycles. The maximum absolute atomic E-state index is 14.1. The summed E-state index contributed by atoms with van der Waals surface area (Å²) in [5.41, 5.74) is 9.69. The lowest BCUT2D eigenvalue weighted by Crippen LogP contribution is -2.58. The molecule has 0 aromatic heterocycles. The number of nitrogens with two attached hydrogens (primary N) is 1. The number of hydrogen-bond donors (Lipinski definition) is 10. The first-order valence-electron chi connectivity index (χ1n) is 21.4. The Balaban J connectivity index is 1.43. The third kappa shape index (κ3) is 19.7. The summed E-state index contributed by atoms with van der Waals surface area (Å²) in [7, 11) is 0. The fraction of sp³-hybridized carbons (Fsp3) is 0.304. The largest absolute Gasteiger partial charge is 0.508 e. The van der Waals surface area contributed by atoms with E-state index in [0.29, 0.717) is 16.7 Å². The molecule has 360 valence electrons. The molecule has 0 radical (unpaired) electrons. The van der Waals surface area contributed by atoms with Crippen molar-refractivity contribution < 1.29 is 53.5 Å². The summed E-state index contributed by atoms with van der Waals surface area (Å²) in [5, 5.41) is 44.7. The Morgan fingerprint density at radius 3 is 1.69 bits per heavy atom. The Morgan fingerprint density at radius 2 is 1.13 bits per heavy atom. The zero-order chi connectivity index (χ0) is 49.3. The lowest BCUT2D eigenvalue weighted by molar-refractivity contribution is -0.525. The number of hydrogen-bond acceptors (Lipinski definition) is 12. The number of ether oxygens (including phenoxy) is 1. The molecule has 6 amide bonds. The second-order valence-electron chi connectivity index (χ2n) is 15.2. The molecule has 22 nitrogen and oxygen atoms in total. The highest BCUT2D eigenvalue weighted by atomic mass is 16.7. The minimum Gasteiger partial charge on any atom is -0.508 e. The number of nitrogens with zero attached hydrogens (tertiary/aromatic N) is 2. The SMILES string of the molecule is NC(=NCCC[C@H](NC(=O)CCNC(=O)OCc1ccccc1)C(=O)NCC(=O)N[C@@H](Cc1ccccc1)C(=O)N[C@@H](Cc1ccccc1)C(=O)N[C@@H](Cc1ccc(O)cc1)C(=O)O)N[N+](=O)[O-]. The highest BCUT2D eigenvalue weighted by molar-refractivity contribution is 5.95. The maximum atomic E-state index is 14.1. The fourth-order valence-electron chi connectivity index (χ4n) is 6.48. The van der Waals surface area contributed by atoms with Crippen molar-refractivity contribution in [2.45, 2.75) is 69.3 Å². The van der Waals surface area contributed by atoms with Gasteiger partial charge in [-0.05, 0) is 47.2 Å². The number of aliphatic carboxylic acids is 1. The van der Waals surface area contributed by atoms with E-state index >= 15 is 0 Å². The van der Waals surface area contributed by atoms with Crippen LogP contribution in [-0.4, -0.2) is 107 Å². The van der Waals surface area contributed by atoms with Gasteiger partial charge in [0, 0.05) is 38.8 Å². The molecule has 0 bridgehead atoms. The van der Waals surface area contributed by atoms with Crippen molar-refractivity contribution in [2.24, 2.45) is 10.7 Å². The zero-order valence-electron chi connectivity index (χ0n) is 36.8. The number of guanidine groups is 1. The summed E-state index contributed by atoms with van der Waals surface area (Å²) >= 11 is 0. The normalized spacial score (nSPS) is 12.7. The number of benzene rings is 4. The van der Waals surface area contributed by atoms with Crippen LogP contribution >= 0.6 is 0 Å². The van der Waals surface area contributed by atoms with Gasteiger partial charge < -0.3 is 52.6 Å². The summed E-state index contributed by atoms with van der Waals surface area (Å²) in [6.07, 6.45) is -1.27. The van der Waals surface area contributed by atoms with Crippen LogP contribution in [-0.2, 0) is 59.4 Å². The standard InChI is InChI=1S/C46H54N10O12/c47-45(55-56(66)67)48-23-10-17-35(51-39(58)22-24-49-46(65)68-29-33-15-8-3-9-16-33)41(60)50-28-40(59)52-36(25-30-11-4-1-5-12-30)42(61)53-37(26-31-13-6-2-7-14-31)43(62)54-38(44(63)64)27-32-18-20-34(57)21-19-32/h1-9,11-16,18-21,35-38,57H,10,17,22-29H2,(H,49,65)(H,50,60)(H,51,58)(H,52,59)(H,53,61)(H,54,62)(H,63,64)(H3,47,48,55)/t35-,36-,37-,38-/m0/s1. The topological polar surface area (TPSA) is 335 Å². The van der Waals surface area contributed by atoms with Gasteiger partial charge in [-0.25, -0.2) is 24.7 Å². The van der Waals surface area contributed by atoms with Crippen molar-refractivity contribution in [1.29, 1.82) is 0 Å². The van der Waals surface area contributed by atoms with E-state index in [4.69, 9.17) is 10.5 Å². The first-order valence-corrected chi connectivity index (χ1v) is 21.4. The van der Waals surface area contributed by atoms with Crippen LogP contribution in [0.2, 0.25) is 0 Å². The van der Waals surface area contributed by atoms with Crippen molar-refractivity contribution in [2.75, 3.05) is 19.6 Å². The average Bonchev–Trinajstić information content (AvgIpc) is 3.31. The number of carboxylic acid groups (broad SMARTS) is 1. The van der Waals surface area contributed by atoms with Gasteiger partial charge in [-0.3, -0.25) is 24.0 Å². The molecule has 4 aromatic rings. The number of nitro groups is 1. The number of aromatic hydroxyl groups is 1. The van der Waals surface area contributed by atoms with Crippen LogP contribution in [0.3, 0.4) is 0 Å². The lowest BCUT2D eigenvalue weighted by atomic mass is 10.0. The molecular weight excluding hydrogens is 885 g/mol. The molecule has 0 fully saturated rings. The zero-order valence-corrected chi connectivity index (χ0v) is 36.8. The van der Waals surface area contributed by atoms with E-state index in [2.05, 4.69) is 36.9 Å². The molecule has 4 aromatic carbocycles. The van der Waals surface area contributed by atoms with Crippen molar-refractivity contribution in [3.05, 3.63) is 148 Å². The molecule has 68 heavy (non-hydrogen) atoms. The third-order valence-electron chi connectivity index (χ3n) is 9.89. The first-order chi connectivity index (χ1) is 32.6. The van der Waals surface area contributed by atoms with E-state index < -0.39 is 83.3 Å². The predicted octanol–water partition coefficient (Wildman–Crippen LogP) is 0.753. The molecule has 0 aliphatic rings. The lowest BCUT2D eigenvalue weighted by Gasteiger charge is -2.25. The van der Waals surface area contributed by atoms with Gasteiger partial charge in [0.25, 0.3) is 5.96 Å². The average molecular weight is 939 g/mol. The first kappa shape index (κ1) is 52.1. The number of amides is 6. The number of carboxylic acids is 1. The van der Waals surface area contributed by atoms with Crippen LogP contribution in [0.1, 0.15) is 41.5 Å². The van der Waals surface area contributed by atoms with Crippen LogP contribution < -0.4 is 43.1 Å². The summed E-state index contributed by atoms with van der Waals surface area (Å²) in [4.78, 5) is 107. The van der Waals surface area contributed by atoms with Gasteiger partial charge in [-0.15, -0.1) is 0 Å². The van der Waals surface area contributed by atoms with Crippen LogP contribution in [0.15, 0.2) is 120 Å². The molecule has 0 aliphatic carbocycles. The van der Waals surface area contributed by atoms with Crippen LogP contribution in [0.25, 0.3) is 0 Å². The third-order valence-corrected chi connectivity index (χ3v) is 9.89.